The van der Waals surface area contributed by atoms with Crippen molar-refractivity contribution in [2.45, 2.75) is 38.9 Å². The highest BCUT2D eigenvalue weighted by Crippen LogP contribution is 2.25. The Morgan fingerprint density at radius 3 is 2.64 bits per heavy atom. The molecule has 1 saturated heterocycles. The minimum atomic E-state index is -0.557. The Labute approximate surface area is 225 Å². The highest BCUT2D eigenvalue weighted by atomic mass is 16.5. The Morgan fingerprint density at radius 1 is 1.15 bits per heavy atom. The van der Waals surface area contributed by atoms with Crippen molar-refractivity contribution < 1.29 is 4.74 Å². The summed E-state index contributed by atoms with van der Waals surface area (Å²) in [6, 6.07) is 16.2. The van der Waals surface area contributed by atoms with E-state index < -0.39 is 11.2 Å². The van der Waals surface area contributed by atoms with Gasteiger partial charge in [0.15, 0.2) is 11.2 Å². The Morgan fingerprint density at radius 2 is 1.95 bits per heavy atom. The normalized spacial score (nSPS) is 15.0. The number of ether oxygens (including phenoxy) is 1. The number of methoxy groups -OCH3 is 1. The van der Waals surface area contributed by atoms with Gasteiger partial charge in [0.25, 0.3) is 5.56 Å². The van der Waals surface area contributed by atoms with Gasteiger partial charge >= 0.3 is 5.69 Å². The fourth-order valence-corrected chi connectivity index (χ4v) is 5.02. The lowest BCUT2D eigenvalue weighted by atomic mass is 10.1. The lowest BCUT2D eigenvalue weighted by Gasteiger charge is -2.31. The molecule has 2 aromatic heterocycles. The molecule has 1 unspecified atom stereocenters. The first kappa shape index (κ1) is 25.8. The number of fused-ring (bicyclic) bond motifs is 1. The number of anilines is 1. The third-order valence-corrected chi connectivity index (χ3v) is 6.94. The first-order valence-electron chi connectivity index (χ1n) is 12.8. The molecule has 1 aliphatic heterocycles. The van der Waals surface area contributed by atoms with E-state index in [4.69, 9.17) is 15.5 Å². The standard InChI is InChI=1S/C29H29N7O3/c1-3-4-15-34-25-26(32-28(34)33-14-8-9-22(31)19-33)36(23-10-6-5-7-11-23)29(38)35(27(25)37)18-21-16-24(39-2)13-12-20(21)17-30/h5-7,10-13,16,22H,8-9,14-15,18-19,31H2,1-2H3. The van der Waals surface area contributed by atoms with Crippen LogP contribution in [-0.2, 0) is 13.1 Å². The van der Waals surface area contributed by atoms with Gasteiger partial charge in [0.05, 0.1) is 37.5 Å². The molecule has 0 spiro atoms. The number of aromatic nitrogens is 4. The zero-order valence-corrected chi connectivity index (χ0v) is 21.9. The van der Waals surface area contributed by atoms with Crippen LogP contribution in [0.2, 0.25) is 0 Å². The van der Waals surface area contributed by atoms with Gasteiger partial charge < -0.3 is 15.4 Å². The predicted octanol–water partition coefficient (Wildman–Crippen LogP) is 2.23. The molecule has 4 aromatic rings. The summed E-state index contributed by atoms with van der Waals surface area (Å²) in [5, 5.41) is 9.71. The average Bonchev–Trinajstić information content (AvgIpc) is 3.33. The largest absolute Gasteiger partial charge is 0.497 e. The zero-order valence-electron chi connectivity index (χ0n) is 21.9. The molecule has 1 aliphatic rings. The van der Waals surface area contributed by atoms with E-state index in [-0.39, 0.29) is 30.3 Å². The van der Waals surface area contributed by atoms with Gasteiger partial charge in [0, 0.05) is 19.1 Å². The molecule has 1 fully saturated rings. The van der Waals surface area contributed by atoms with E-state index in [0.717, 1.165) is 24.0 Å². The summed E-state index contributed by atoms with van der Waals surface area (Å²) in [5.41, 5.74) is 7.15. The molecule has 0 radical (unpaired) electrons. The van der Waals surface area contributed by atoms with Crippen molar-refractivity contribution in [3.8, 4) is 29.3 Å². The molecule has 0 bridgehead atoms. The molecule has 10 nitrogen and oxygen atoms in total. The first-order valence-corrected chi connectivity index (χ1v) is 12.8. The molecule has 198 valence electrons. The summed E-state index contributed by atoms with van der Waals surface area (Å²) >= 11 is 0. The molecule has 5 rings (SSSR count). The van der Waals surface area contributed by atoms with Crippen molar-refractivity contribution in [2.75, 3.05) is 25.1 Å². The molecule has 2 aromatic carbocycles. The number of hydrogen-bond donors (Lipinski definition) is 1. The molecule has 3 heterocycles. The fourth-order valence-electron chi connectivity index (χ4n) is 5.02. The number of nitrogens with two attached hydrogens (primary N) is 1. The number of nitriles is 1. The predicted molar refractivity (Wildman–Crippen MR) is 149 cm³/mol. The van der Waals surface area contributed by atoms with Gasteiger partial charge in [-0.15, -0.1) is 5.92 Å². The summed E-state index contributed by atoms with van der Waals surface area (Å²) in [6.07, 6.45) is 1.81. The second kappa shape index (κ2) is 10.9. The Hall–Kier alpha value is -4.80. The average molecular weight is 524 g/mol. The van der Waals surface area contributed by atoms with E-state index in [1.807, 2.05) is 18.2 Å². The van der Waals surface area contributed by atoms with Crippen molar-refractivity contribution in [2.24, 2.45) is 5.73 Å². The van der Waals surface area contributed by atoms with Crippen molar-refractivity contribution in [1.82, 2.24) is 18.7 Å². The maximum atomic E-state index is 14.1. The van der Waals surface area contributed by atoms with E-state index in [2.05, 4.69) is 22.8 Å². The van der Waals surface area contributed by atoms with E-state index in [1.165, 1.54) is 11.7 Å². The maximum Gasteiger partial charge on any atom is 0.337 e. The third-order valence-electron chi connectivity index (χ3n) is 6.94. The van der Waals surface area contributed by atoms with Crippen molar-refractivity contribution in [3.63, 3.8) is 0 Å². The smallest absolute Gasteiger partial charge is 0.337 e. The molecule has 0 amide bonds. The van der Waals surface area contributed by atoms with Gasteiger partial charge in [-0.1, -0.05) is 24.1 Å². The molecular formula is C29H29N7O3. The number of imidazole rings is 1. The summed E-state index contributed by atoms with van der Waals surface area (Å²) in [7, 11) is 1.52. The number of hydrogen-bond acceptors (Lipinski definition) is 7. The summed E-state index contributed by atoms with van der Waals surface area (Å²) in [4.78, 5) is 35.1. The van der Waals surface area contributed by atoms with Crippen LogP contribution in [-0.4, -0.2) is 44.9 Å². The van der Waals surface area contributed by atoms with E-state index >= 15 is 0 Å². The van der Waals surface area contributed by atoms with Crippen LogP contribution in [0.4, 0.5) is 5.95 Å². The van der Waals surface area contributed by atoms with E-state index in [1.54, 1.807) is 41.8 Å². The first-order chi connectivity index (χ1) is 19.0. The van der Waals surface area contributed by atoms with Crippen molar-refractivity contribution in [3.05, 3.63) is 80.5 Å². The number of rotatable bonds is 6. The van der Waals surface area contributed by atoms with E-state index in [9.17, 15) is 14.9 Å². The van der Waals surface area contributed by atoms with Gasteiger partial charge in [-0.3, -0.25) is 13.9 Å². The summed E-state index contributed by atoms with van der Waals surface area (Å²) in [6.45, 7) is 3.16. The summed E-state index contributed by atoms with van der Waals surface area (Å²) in [5.74, 6) is 7.03. The lowest BCUT2D eigenvalue weighted by Crippen LogP contribution is -2.44. The number of para-hydroxylation sites is 1. The van der Waals surface area contributed by atoms with Gasteiger partial charge in [0.1, 0.15) is 5.75 Å². The van der Waals surface area contributed by atoms with Gasteiger partial charge in [-0.05, 0) is 55.7 Å². The number of nitrogens with zero attached hydrogens (tertiary/aromatic N) is 6. The molecule has 2 N–H and O–H groups in total. The van der Waals surface area contributed by atoms with Crippen LogP contribution in [0.3, 0.4) is 0 Å². The van der Waals surface area contributed by atoms with Crippen LogP contribution in [0.1, 0.15) is 30.9 Å². The van der Waals surface area contributed by atoms with Gasteiger partial charge in [-0.2, -0.15) is 10.2 Å². The summed E-state index contributed by atoms with van der Waals surface area (Å²) < 4.78 is 9.71. The molecule has 1 atom stereocenters. The van der Waals surface area contributed by atoms with Crippen LogP contribution < -0.4 is 26.6 Å². The molecule has 0 saturated carbocycles. The molecule has 0 aliphatic carbocycles. The molecule has 39 heavy (non-hydrogen) atoms. The fraction of sp³-hybridized carbons (Fsp3) is 0.310. The quantitative estimate of drug-likeness (QED) is 0.384. The minimum Gasteiger partial charge on any atom is -0.497 e. The molecular weight excluding hydrogens is 494 g/mol. The minimum absolute atomic E-state index is 0.0188. The topological polar surface area (TPSA) is 124 Å². The van der Waals surface area contributed by atoms with Crippen molar-refractivity contribution >= 4 is 17.1 Å². The Kier molecular flexibility index (Phi) is 7.22. The highest BCUT2D eigenvalue weighted by Gasteiger charge is 2.27. The van der Waals surface area contributed by atoms with Crippen LogP contribution in [0.25, 0.3) is 16.9 Å². The number of piperidine rings is 1. The second-order valence-electron chi connectivity index (χ2n) is 9.42. The van der Waals surface area contributed by atoms with Crippen LogP contribution >= 0.6 is 0 Å². The van der Waals surface area contributed by atoms with Crippen LogP contribution in [0, 0.1) is 23.2 Å². The Balaban J connectivity index is 1.83. The van der Waals surface area contributed by atoms with Crippen LogP contribution in [0.5, 0.6) is 5.75 Å². The highest BCUT2D eigenvalue weighted by molar-refractivity contribution is 5.77. The Bertz CT molecular complexity index is 1750. The SMILES string of the molecule is CC#CCn1c(N2CCCC(N)C2)nc2c1c(=O)n(Cc1cc(OC)ccc1C#N)c(=O)n2-c1ccccc1. The van der Waals surface area contributed by atoms with Gasteiger partial charge in [-0.25, -0.2) is 9.36 Å². The lowest BCUT2D eigenvalue weighted by molar-refractivity contribution is 0.414. The monoisotopic (exact) mass is 523 g/mol. The van der Waals surface area contributed by atoms with E-state index in [0.29, 0.717) is 35.1 Å². The third kappa shape index (κ3) is 4.78. The van der Waals surface area contributed by atoms with Gasteiger partial charge in [0.2, 0.25) is 5.95 Å². The number of benzene rings is 2. The zero-order chi connectivity index (χ0) is 27.5. The molecule has 10 heteroatoms. The maximum absolute atomic E-state index is 14.1. The van der Waals surface area contributed by atoms with Crippen LogP contribution in [0.15, 0.2) is 58.1 Å². The second-order valence-corrected chi connectivity index (χ2v) is 9.42. The van der Waals surface area contributed by atoms with Crippen molar-refractivity contribution in [1.29, 1.82) is 5.26 Å².